The Morgan fingerprint density at radius 3 is 2.50 bits per heavy atom. The highest BCUT2D eigenvalue weighted by atomic mass is 14.9. The molecule has 0 amide bonds. The Bertz CT molecular complexity index is 437. The van der Waals surface area contributed by atoms with E-state index in [1.165, 1.54) is 16.8 Å². The van der Waals surface area contributed by atoms with Gasteiger partial charge in [-0.15, -0.1) is 0 Å². The third-order valence-electron chi connectivity index (χ3n) is 3.10. The van der Waals surface area contributed by atoms with Gasteiger partial charge in [0.1, 0.15) is 0 Å². The van der Waals surface area contributed by atoms with Gasteiger partial charge in [0, 0.05) is 23.9 Å². The number of pyridine rings is 1. The zero-order chi connectivity index (χ0) is 11.9. The second-order valence-electron chi connectivity index (χ2n) is 5.89. The number of fused-ring (bicyclic) bond motifs is 1. The minimum Gasteiger partial charge on any atom is -0.237 e. The van der Waals surface area contributed by atoms with E-state index in [2.05, 4.69) is 50.7 Å². The molecule has 0 unspecified atom stereocenters. The molecular formula is C14H20N2. The van der Waals surface area contributed by atoms with Gasteiger partial charge in [-0.05, 0) is 23.0 Å². The standard InChI is InChI=1S/C14H20N2/c1-9(2)12-7-10-6-11(14(3,4)5)8-15-13(10)16-12/h6,8-9H,7H2,1-5H3. The van der Waals surface area contributed by atoms with Gasteiger partial charge in [-0.3, -0.25) is 0 Å². The minimum absolute atomic E-state index is 0.169. The quantitative estimate of drug-likeness (QED) is 0.703. The molecule has 0 radical (unpaired) electrons. The lowest BCUT2D eigenvalue weighted by atomic mass is 9.87. The summed E-state index contributed by atoms with van der Waals surface area (Å²) < 4.78 is 0. The maximum Gasteiger partial charge on any atom is 0.155 e. The molecule has 0 aliphatic carbocycles. The lowest BCUT2D eigenvalue weighted by molar-refractivity contribution is 0.587. The van der Waals surface area contributed by atoms with Crippen molar-refractivity contribution in [1.82, 2.24) is 4.98 Å². The number of aromatic nitrogens is 1. The summed E-state index contributed by atoms with van der Waals surface area (Å²) in [5, 5.41) is 0. The van der Waals surface area contributed by atoms with Crippen LogP contribution in [0.25, 0.3) is 0 Å². The fourth-order valence-electron chi connectivity index (χ4n) is 1.85. The SMILES string of the molecule is CC(C)C1=Nc2ncc(C(C)(C)C)cc2C1. The second kappa shape index (κ2) is 3.69. The lowest BCUT2D eigenvalue weighted by Gasteiger charge is -2.18. The highest BCUT2D eigenvalue weighted by molar-refractivity contribution is 5.94. The van der Waals surface area contributed by atoms with E-state index >= 15 is 0 Å². The zero-order valence-corrected chi connectivity index (χ0v) is 10.8. The predicted octanol–water partition coefficient (Wildman–Crippen LogP) is 3.66. The molecule has 0 N–H and O–H groups in total. The van der Waals surface area contributed by atoms with Crippen LogP contribution in [0.15, 0.2) is 17.3 Å². The fraction of sp³-hybridized carbons (Fsp3) is 0.571. The molecule has 0 bridgehead atoms. The molecule has 2 rings (SSSR count). The summed E-state index contributed by atoms with van der Waals surface area (Å²) in [7, 11) is 0. The number of hydrogen-bond donors (Lipinski definition) is 0. The number of nitrogens with zero attached hydrogens (tertiary/aromatic N) is 2. The van der Waals surface area contributed by atoms with Crippen LogP contribution in [0.2, 0.25) is 0 Å². The first-order valence-electron chi connectivity index (χ1n) is 5.95. The van der Waals surface area contributed by atoms with Crippen molar-refractivity contribution in [3.05, 3.63) is 23.4 Å². The molecule has 2 heterocycles. The second-order valence-corrected chi connectivity index (χ2v) is 5.89. The van der Waals surface area contributed by atoms with E-state index in [1.807, 2.05) is 6.20 Å². The van der Waals surface area contributed by atoms with Gasteiger partial charge in [-0.25, -0.2) is 9.98 Å². The maximum atomic E-state index is 4.58. The topological polar surface area (TPSA) is 25.2 Å². The third-order valence-corrected chi connectivity index (χ3v) is 3.10. The van der Waals surface area contributed by atoms with E-state index in [4.69, 9.17) is 0 Å². The molecule has 0 atom stereocenters. The van der Waals surface area contributed by atoms with Crippen LogP contribution < -0.4 is 0 Å². The molecule has 1 aliphatic heterocycles. The lowest BCUT2D eigenvalue weighted by Crippen LogP contribution is -2.12. The van der Waals surface area contributed by atoms with E-state index in [9.17, 15) is 0 Å². The van der Waals surface area contributed by atoms with Crippen molar-refractivity contribution in [1.29, 1.82) is 0 Å². The van der Waals surface area contributed by atoms with Gasteiger partial charge in [0.25, 0.3) is 0 Å². The zero-order valence-electron chi connectivity index (χ0n) is 10.8. The first kappa shape index (κ1) is 11.3. The van der Waals surface area contributed by atoms with Gasteiger partial charge in [0.05, 0.1) is 0 Å². The van der Waals surface area contributed by atoms with E-state index < -0.39 is 0 Å². The average Bonchev–Trinajstić information content (AvgIpc) is 2.58. The van der Waals surface area contributed by atoms with Gasteiger partial charge >= 0.3 is 0 Å². The fourth-order valence-corrected chi connectivity index (χ4v) is 1.85. The van der Waals surface area contributed by atoms with Crippen LogP contribution in [0.5, 0.6) is 0 Å². The van der Waals surface area contributed by atoms with Crippen molar-refractivity contribution < 1.29 is 0 Å². The van der Waals surface area contributed by atoms with Crippen molar-refractivity contribution in [2.75, 3.05) is 0 Å². The van der Waals surface area contributed by atoms with E-state index in [1.54, 1.807) is 0 Å². The molecule has 0 spiro atoms. The first-order valence-corrected chi connectivity index (χ1v) is 5.95. The summed E-state index contributed by atoms with van der Waals surface area (Å²) in [5.74, 6) is 1.45. The molecule has 1 aliphatic rings. The molecule has 86 valence electrons. The Kier molecular flexibility index (Phi) is 2.61. The summed E-state index contributed by atoms with van der Waals surface area (Å²) in [4.78, 5) is 9.05. The highest BCUT2D eigenvalue weighted by Gasteiger charge is 2.21. The molecule has 2 heteroatoms. The van der Waals surface area contributed by atoms with Crippen LogP contribution in [0, 0.1) is 5.92 Å². The van der Waals surface area contributed by atoms with E-state index in [0.717, 1.165) is 12.2 Å². The number of hydrogen-bond acceptors (Lipinski definition) is 2. The van der Waals surface area contributed by atoms with E-state index in [0.29, 0.717) is 5.92 Å². The van der Waals surface area contributed by atoms with Crippen LogP contribution in [0.3, 0.4) is 0 Å². The van der Waals surface area contributed by atoms with Gasteiger partial charge in [-0.1, -0.05) is 34.6 Å². The van der Waals surface area contributed by atoms with Crippen molar-refractivity contribution in [3.8, 4) is 0 Å². The summed E-state index contributed by atoms with van der Waals surface area (Å²) in [6.07, 6.45) is 2.94. The molecule has 0 saturated carbocycles. The molecule has 2 nitrogen and oxygen atoms in total. The molecule has 16 heavy (non-hydrogen) atoms. The summed E-state index contributed by atoms with van der Waals surface area (Å²) >= 11 is 0. The van der Waals surface area contributed by atoms with Crippen molar-refractivity contribution in [2.24, 2.45) is 10.9 Å². The molecule has 1 aromatic heterocycles. The Morgan fingerprint density at radius 1 is 1.25 bits per heavy atom. The molecule has 0 saturated heterocycles. The van der Waals surface area contributed by atoms with Gasteiger partial charge in [0.2, 0.25) is 0 Å². The molecule has 1 aromatic rings. The van der Waals surface area contributed by atoms with E-state index in [-0.39, 0.29) is 5.41 Å². The summed E-state index contributed by atoms with van der Waals surface area (Å²) in [6, 6.07) is 2.27. The Balaban J connectivity index is 2.34. The summed E-state index contributed by atoms with van der Waals surface area (Å²) in [6.45, 7) is 11.0. The normalized spacial score (nSPS) is 15.2. The largest absolute Gasteiger partial charge is 0.237 e. The average molecular weight is 216 g/mol. The van der Waals surface area contributed by atoms with Gasteiger partial charge in [-0.2, -0.15) is 0 Å². The minimum atomic E-state index is 0.169. The maximum absolute atomic E-state index is 4.58. The molecule has 0 fully saturated rings. The van der Waals surface area contributed by atoms with Crippen LogP contribution >= 0.6 is 0 Å². The molecular weight excluding hydrogens is 196 g/mol. The van der Waals surface area contributed by atoms with Crippen LogP contribution in [-0.2, 0) is 11.8 Å². The highest BCUT2D eigenvalue weighted by Crippen LogP contribution is 2.31. The Labute approximate surface area is 97.8 Å². The van der Waals surface area contributed by atoms with Crippen LogP contribution in [-0.4, -0.2) is 10.7 Å². The third kappa shape index (κ3) is 2.01. The molecule has 0 aromatic carbocycles. The smallest absolute Gasteiger partial charge is 0.155 e. The Hall–Kier alpha value is -1.18. The van der Waals surface area contributed by atoms with Crippen molar-refractivity contribution in [2.45, 2.75) is 46.5 Å². The van der Waals surface area contributed by atoms with Crippen molar-refractivity contribution >= 4 is 11.5 Å². The Morgan fingerprint density at radius 2 is 1.94 bits per heavy atom. The number of rotatable bonds is 1. The van der Waals surface area contributed by atoms with Crippen molar-refractivity contribution in [3.63, 3.8) is 0 Å². The van der Waals surface area contributed by atoms with Crippen LogP contribution in [0.4, 0.5) is 5.82 Å². The van der Waals surface area contributed by atoms with Gasteiger partial charge in [0.15, 0.2) is 5.82 Å². The van der Waals surface area contributed by atoms with Gasteiger partial charge < -0.3 is 0 Å². The first-order chi connectivity index (χ1) is 7.38. The van der Waals surface area contributed by atoms with Crippen LogP contribution in [0.1, 0.15) is 45.7 Å². The monoisotopic (exact) mass is 216 g/mol. The number of aliphatic imine (C=N–C) groups is 1. The predicted molar refractivity (Wildman–Crippen MR) is 68.6 cm³/mol. The summed E-state index contributed by atoms with van der Waals surface area (Å²) in [5.41, 5.74) is 4.01.